The normalized spacial score (nSPS) is 21.5. The van der Waals surface area contributed by atoms with Crippen LogP contribution in [0.2, 0.25) is 0 Å². The molecule has 1 atom stereocenters. The van der Waals surface area contributed by atoms with Crippen molar-refractivity contribution in [2.75, 3.05) is 6.26 Å². The Balaban J connectivity index is 2.82. The molecule has 0 spiro atoms. The minimum absolute atomic E-state index is 0.0706. The lowest BCUT2D eigenvalue weighted by Crippen LogP contribution is -2.48. The van der Waals surface area contributed by atoms with Gasteiger partial charge in [0.2, 0.25) is 5.96 Å². The highest BCUT2D eigenvalue weighted by atomic mass is 32.2. The summed E-state index contributed by atoms with van der Waals surface area (Å²) in [5.41, 5.74) is -0.0706. The van der Waals surface area contributed by atoms with Gasteiger partial charge in [0.15, 0.2) is 5.50 Å². The van der Waals surface area contributed by atoms with Crippen molar-refractivity contribution >= 4 is 23.6 Å². The first-order chi connectivity index (χ1) is 7.08. The van der Waals surface area contributed by atoms with E-state index in [1.54, 1.807) is 16.8 Å². The fourth-order valence-electron chi connectivity index (χ4n) is 1.26. The molecule has 6 heteroatoms. The van der Waals surface area contributed by atoms with Crippen LogP contribution in [0.15, 0.2) is 9.98 Å². The summed E-state index contributed by atoms with van der Waals surface area (Å²) in [4.78, 5) is 8.76. The maximum absolute atomic E-state index is 5.88. The van der Waals surface area contributed by atoms with Crippen LogP contribution >= 0.6 is 11.8 Å². The third kappa shape index (κ3) is 3.10. The highest BCUT2D eigenvalue weighted by Crippen LogP contribution is 2.16. The second-order valence-corrected chi connectivity index (χ2v) is 4.50. The Hall–Kier alpha value is -0.750. The Bertz CT molecular complexity index is 274. The van der Waals surface area contributed by atoms with Gasteiger partial charge in [-0.25, -0.2) is 10.8 Å². The average Bonchev–Trinajstić information content (AvgIpc) is 2.19. The number of nitrogens with one attached hydrogen (secondary N) is 1. The molecule has 1 rings (SSSR count). The van der Waals surface area contributed by atoms with Gasteiger partial charge in [-0.1, -0.05) is 6.92 Å². The van der Waals surface area contributed by atoms with Crippen LogP contribution in [0.1, 0.15) is 27.2 Å². The molecule has 15 heavy (non-hydrogen) atoms. The van der Waals surface area contributed by atoms with E-state index in [1.807, 2.05) is 13.2 Å². The van der Waals surface area contributed by atoms with Gasteiger partial charge < -0.3 is 5.32 Å². The van der Waals surface area contributed by atoms with Crippen LogP contribution in [0.4, 0.5) is 0 Å². The molecule has 0 saturated carbocycles. The Labute approximate surface area is 95.2 Å². The molecule has 0 fully saturated rings. The van der Waals surface area contributed by atoms with Gasteiger partial charge in [-0.3, -0.25) is 5.01 Å². The maximum atomic E-state index is 5.88. The monoisotopic (exact) mass is 229 g/mol. The van der Waals surface area contributed by atoms with Crippen LogP contribution in [0.3, 0.4) is 0 Å². The maximum Gasteiger partial charge on any atom is 0.222 e. The molecule has 0 amide bonds. The lowest BCUT2D eigenvalue weighted by molar-refractivity contribution is 0.407. The molecule has 0 bridgehead atoms. The number of nitrogens with zero attached hydrogens (tertiary/aromatic N) is 3. The van der Waals surface area contributed by atoms with E-state index >= 15 is 0 Å². The third-order valence-electron chi connectivity index (χ3n) is 1.95. The summed E-state index contributed by atoms with van der Waals surface area (Å²) in [5, 5.41) is 4.82. The summed E-state index contributed by atoms with van der Waals surface area (Å²) >= 11 is 1.60. The quantitative estimate of drug-likeness (QED) is 0.708. The van der Waals surface area contributed by atoms with Gasteiger partial charge in [0.05, 0.1) is 0 Å². The van der Waals surface area contributed by atoms with Crippen molar-refractivity contribution in [3.05, 3.63) is 0 Å². The topological polar surface area (TPSA) is 66.0 Å². The van der Waals surface area contributed by atoms with Crippen LogP contribution in [0.5, 0.6) is 0 Å². The number of amidine groups is 1. The van der Waals surface area contributed by atoms with Crippen molar-refractivity contribution in [1.82, 2.24) is 10.3 Å². The third-order valence-corrected chi connectivity index (χ3v) is 2.70. The van der Waals surface area contributed by atoms with Gasteiger partial charge >= 0.3 is 0 Å². The van der Waals surface area contributed by atoms with Gasteiger partial charge in [0.1, 0.15) is 5.84 Å². The van der Waals surface area contributed by atoms with Gasteiger partial charge in [-0.05, 0) is 20.1 Å². The first kappa shape index (κ1) is 12.3. The predicted octanol–water partition coefficient (Wildman–Crippen LogP) is 0.985. The fourth-order valence-corrected chi connectivity index (χ4v) is 1.81. The van der Waals surface area contributed by atoms with E-state index in [0.29, 0.717) is 12.0 Å². The molecule has 1 aliphatic rings. The second kappa shape index (κ2) is 5.37. The Morgan fingerprint density at radius 1 is 1.60 bits per heavy atom. The molecule has 0 radical (unpaired) electrons. The summed E-state index contributed by atoms with van der Waals surface area (Å²) in [6.45, 7) is 6.16. The lowest BCUT2D eigenvalue weighted by Gasteiger charge is -2.29. The molecule has 1 aliphatic heterocycles. The molecule has 3 N–H and O–H groups in total. The number of aliphatic imine (C=N–C) groups is 2. The Morgan fingerprint density at radius 2 is 2.27 bits per heavy atom. The Kier molecular flexibility index (Phi) is 4.41. The summed E-state index contributed by atoms with van der Waals surface area (Å²) in [6, 6.07) is 0.331. The smallest absolute Gasteiger partial charge is 0.222 e. The van der Waals surface area contributed by atoms with Crippen LogP contribution in [-0.2, 0) is 0 Å². The molecular weight excluding hydrogens is 210 g/mol. The number of hydrogen-bond donors (Lipinski definition) is 2. The van der Waals surface area contributed by atoms with E-state index in [1.165, 1.54) is 0 Å². The van der Waals surface area contributed by atoms with Crippen molar-refractivity contribution in [2.24, 2.45) is 15.8 Å². The standard InChI is InChI=1S/C9H19N5S/c1-5-7-12-8(11-6(2)3)13-9(15-4)14(7)10/h6,9H,5,10H2,1-4H3,(H,11,13). The van der Waals surface area contributed by atoms with E-state index in [0.717, 1.165) is 12.3 Å². The fraction of sp³-hybridized carbons (Fsp3) is 0.778. The number of hydrazine groups is 1. The largest absolute Gasteiger partial charge is 0.352 e. The molecule has 1 heterocycles. The summed E-state index contributed by atoms with van der Waals surface area (Å²) in [6.07, 6.45) is 2.80. The van der Waals surface area contributed by atoms with Gasteiger partial charge in [0, 0.05) is 12.5 Å². The number of hydrogen-bond acceptors (Lipinski definition) is 6. The molecule has 0 aliphatic carbocycles. The summed E-state index contributed by atoms with van der Waals surface area (Å²) in [7, 11) is 0. The zero-order valence-corrected chi connectivity index (χ0v) is 10.5. The van der Waals surface area contributed by atoms with Crippen LogP contribution in [0.25, 0.3) is 0 Å². The van der Waals surface area contributed by atoms with E-state index in [4.69, 9.17) is 5.84 Å². The number of nitrogens with two attached hydrogens (primary N) is 1. The Morgan fingerprint density at radius 3 is 2.73 bits per heavy atom. The second-order valence-electron chi connectivity index (χ2n) is 3.60. The number of guanidine groups is 1. The average molecular weight is 229 g/mol. The molecule has 0 aromatic carbocycles. The van der Waals surface area contributed by atoms with Crippen molar-refractivity contribution in [3.8, 4) is 0 Å². The highest BCUT2D eigenvalue weighted by molar-refractivity contribution is 7.99. The molecular formula is C9H19N5S. The van der Waals surface area contributed by atoms with Gasteiger partial charge in [-0.15, -0.1) is 11.8 Å². The van der Waals surface area contributed by atoms with Crippen molar-refractivity contribution < 1.29 is 0 Å². The van der Waals surface area contributed by atoms with E-state index < -0.39 is 0 Å². The van der Waals surface area contributed by atoms with Crippen LogP contribution < -0.4 is 11.2 Å². The molecule has 5 nitrogen and oxygen atoms in total. The van der Waals surface area contributed by atoms with Crippen molar-refractivity contribution in [2.45, 2.75) is 38.7 Å². The molecule has 0 aromatic rings. The molecule has 0 aromatic heterocycles. The number of rotatable bonds is 3. The molecule has 1 unspecified atom stereocenters. The number of thioether (sulfide) groups is 1. The zero-order chi connectivity index (χ0) is 11.4. The minimum atomic E-state index is -0.0706. The van der Waals surface area contributed by atoms with Crippen molar-refractivity contribution in [1.29, 1.82) is 0 Å². The lowest BCUT2D eigenvalue weighted by atomic mass is 10.4. The minimum Gasteiger partial charge on any atom is -0.352 e. The zero-order valence-electron chi connectivity index (χ0n) is 9.69. The van der Waals surface area contributed by atoms with Crippen LogP contribution in [0, 0.1) is 0 Å². The van der Waals surface area contributed by atoms with Crippen LogP contribution in [-0.4, -0.2) is 34.6 Å². The first-order valence-corrected chi connectivity index (χ1v) is 6.35. The van der Waals surface area contributed by atoms with Gasteiger partial charge in [0.25, 0.3) is 0 Å². The molecule has 0 saturated heterocycles. The van der Waals surface area contributed by atoms with E-state index in [2.05, 4.69) is 29.1 Å². The predicted molar refractivity (Wildman–Crippen MR) is 66.8 cm³/mol. The summed E-state index contributed by atoms with van der Waals surface area (Å²) < 4.78 is 0. The van der Waals surface area contributed by atoms with E-state index in [9.17, 15) is 0 Å². The van der Waals surface area contributed by atoms with E-state index in [-0.39, 0.29) is 5.50 Å². The first-order valence-electron chi connectivity index (χ1n) is 5.07. The molecule has 86 valence electrons. The summed E-state index contributed by atoms with van der Waals surface area (Å²) in [5.74, 6) is 7.44. The highest BCUT2D eigenvalue weighted by Gasteiger charge is 2.22. The van der Waals surface area contributed by atoms with Gasteiger partial charge in [-0.2, -0.15) is 4.99 Å². The SMILES string of the molecule is CCC1=NC(NC(C)C)=NC(SC)N1N. The van der Waals surface area contributed by atoms with Crippen molar-refractivity contribution in [3.63, 3.8) is 0 Å².